The van der Waals surface area contributed by atoms with Gasteiger partial charge >= 0.3 is 6.18 Å². The second-order valence-corrected chi connectivity index (χ2v) is 9.12. The van der Waals surface area contributed by atoms with Crippen molar-refractivity contribution < 1.29 is 26.7 Å². The molecular weight excluding hydrogens is 473 g/mol. The van der Waals surface area contributed by atoms with E-state index in [2.05, 4.69) is 20.3 Å². The normalized spacial score (nSPS) is 19.7. The molecule has 35 heavy (non-hydrogen) atoms. The molecular formula is C22H26F5N7O. The Morgan fingerprint density at radius 3 is 2.60 bits per heavy atom. The summed E-state index contributed by atoms with van der Waals surface area (Å²) in [5, 5.41) is 2.75. The largest absolute Gasteiger partial charge is 0.416 e. The molecule has 1 unspecified atom stereocenters. The highest BCUT2D eigenvalue weighted by Crippen LogP contribution is 2.34. The molecule has 2 saturated heterocycles. The second-order valence-electron chi connectivity index (χ2n) is 9.12. The van der Waals surface area contributed by atoms with Gasteiger partial charge in [0, 0.05) is 44.2 Å². The van der Waals surface area contributed by atoms with E-state index in [4.69, 9.17) is 0 Å². The molecule has 4 rings (SSSR count). The van der Waals surface area contributed by atoms with E-state index in [0.29, 0.717) is 38.2 Å². The van der Waals surface area contributed by atoms with Crippen molar-refractivity contribution in [1.82, 2.24) is 24.8 Å². The first-order chi connectivity index (χ1) is 16.4. The summed E-state index contributed by atoms with van der Waals surface area (Å²) in [7, 11) is 3.77. The minimum absolute atomic E-state index is 0.0179. The van der Waals surface area contributed by atoms with E-state index in [1.807, 2.05) is 19.0 Å². The lowest BCUT2D eigenvalue weighted by atomic mass is 10.0. The van der Waals surface area contributed by atoms with Crippen LogP contribution in [0.25, 0.3) is 0 Å². The number of likely N-dealkylation sites (tertiary alicyclic amines) is 1. The van der Waals surface area contributed by atoms with E-state index in [1.165, 1.54) is 4.90 Å². The maximum atomic E-state index is 13.5. The van der Waals surface area contributed by atoms with Crippen LogP contribution in [-0.4, -0.2) is 83.4 Å². The number of rotatable bonds is 7. The molecule has 0 saturated carbocycles. The van der Waals surface area contributed by atoms with Crippen molar-refractivity contribution in [2.24, 2.45) is 0 Å². The van der Waals surface area contributed by atoms with Crippen LogP contribution in [0.1, 0.15) is 30.0 Å². The Kier molecular flexibility index (Phi) is 6.80. The molecule has 1 N–H and O–H groups in total. The van der Waals surface area contributed by atoms with E-state index in [1.54, 1.807) is 11.0 Å². The second kappa shape index (κ2) is 9.51. The fraction of sp³-hybridized carbons (Fsp3) is 0.545. The molecule has 0 spiro atoms. The summed E-state index contributed by atoms with van der Waals surface area (Å²) in [4.78, 5) is 30.1. The topological polar surface area (TPSA) is 77.5 Å². The van der Waals surface area contributed by atoms with E-state index in [-0.39, 0.29) is 29.4 Å². The van der Waals surface area contributed by atoms with Gasteiger partial charge in [-0.3, -0.25) is 4.79 Å². The minimum Gasteiger partial charge on any atom is -0.342 e. The van der Waals surface area contributed by atoms with Gasteiger partial charge in [0.25, 0.3) is 5.92 Å². The van der Waals surface area contributed by atoms with Gasteiger partial charge in [-0.05, 0) is 32.6 Å². The van der Waals surface area contributed by atoms with Gasteiger partial charge in [-0.1, -0.05) is 0 Å². The molecule has 0 aromatic carbocycles. The third-order valence-corrected chi connectivity index (χ3v) is 5.94. The van der Waals surface area contributed by atoms with Crippen LogP contribution in [0.2, 0.25) is 0 Å². The minimum atomic E-state index is -4.54. The number of hydrogen-bond acceptors (Lipinski definition) is 7. The summed E-state index contributed by atoms with van der Waals surface area (Å²) in [6.07, 6.45) is -2.51. The van der Waals surface area contributed by atoms with Gasteiger partial charge in [0.15, 0.2) is 0 Å². The standard InChI is InChI=1S/C22H26F5N7O/c1-32(2)7-5-19(35)33-8-4-14(11-33)16-10-18(31-20(29-16)34-12-21(23,24)13-34)30-17-9-15(3-6-28-17)22(25,26)27/h3,6,9-10,14H,4-5,7-8,11-13H2,1-2H3,(H,28,29,30,31). The van der Waals surface area contributed by atoms with Crippen LogP contribution in [0, 0.1) is 0 Å². The Hall–Kier alpha value is -3.09. The molecule has 13 heteroatoms. The average molecular weight is 499 g/mol. The zero-order chi connectivity index (χ0) is 25.4. The van der Waals surface area contributed by atoms with E-state index >= 15 is 0 Å². The highest BCUT2D eigenvalue weighted by molar-refractivity contribution is 5.76. The number of pyridine rings is 1. The van der Waals surface area contributed by atoms with Gasteiger partial charge in [-0.2, -0.15) is 18.2 Å². The summed E-state index contributed by atoms with van der Waals surface area (Å²) >= 11 is 0. The fourth-order valence-electron chi connectivity index (χ4n) is 4.03. The van der Waals surface area contributed by atoms with Crippen molar-refractivity contribution in [3.63, 3.8) is 0 Å². The van der Waals surface area contributed by atoms with Gasteiger partial charge < -0.3 is 20.0 Å². The van der Waals surface area contributed by atoms with Crippen molar-refractivity contribution in [1.29, 1.82) is 0 Å². The van der Waals surface area contributed by atoms with E-state index in [0.717, 1.165) is 18.3 Å². The van der Waals surface area contributed by atoms with E-state index < -0.39 is 30.8 Å². The molecule has 8 nitrogen and oxygen atoms in total. The summed E-state index contributed by atoms with van der Waals surface area (Å²) < 4.78 is 66.2. The predicted octanol–water partition coefficient (Wildman–Crippen LogP) is 3.36. The first-order valence-electron chi connectivity index (χ1n) is 11.1. The van der Waals surface area contributed by atoms with Crippen LogP contribution >= 0.6 is 0 Å². The molecule has 1 atom stereocenters. The first kappa shape index (κ1) is 25.0. The van der Waals surface area contributed by atoms with E-state index in [9.17, 15) is 26.7 Å². The van der Waals surface area contributed by atoms with Gasteiger partial charge in [-0.15, -0.1) is 0 Å². The lowest BCUT2D eigenvalue weighted by Crippen LogP contribution is -2.57. The van der Waals surface area contributed by atoms with Gasteiger partial charge in [-0.25, -0.2) is 18.7 Å². The number of aromatic nitrogens is 3. The molecule has 0 bridgehead atoms. The summed E-state index contributed by atoms with van der Waals surface area (Å²) in [5.41, 5.74) is -0.350. The Bertz CT molecular complexity index is 1070. The van der Waals surface area contributed by atoms with Gasteiger partial charge in [0.1, 0.15) is 11.6 Å². The monoisotopic (exact) mass is 499 g/mol. The molecule has 2 aliphatic heterocycles. The number of carbonyl (C=O) groups is 1. The Morgan fingerprint density at radius 2 is 1.94 bits per heavy atom. The number of carbonyl (C=O) groups excluding carboxylic acids is 1. The van der Waals surface area contributed by atoms with Crippen molar-refractivity contribution in [3.8, 4) is 0 Å². The third kappa shape index (κ3) is 6.13. The van der Waals surface area contributed by atoms with Crippen LogP contribution in [0.4, 0.5) is 39.5 Å². The molecule has 4 heterocycles. The molecule has 2 aromatic rings. The summed E-state index contributed by atoms with van der Waals surface area (Å²) in [6, 6.07) is 3.27. The zero-order valence-corrected chi connectivity index (χ0v) is 19.3. The number of halogens is 5. The lowest BCUT2D eigenvalue weighted by Gasteiger charge is -2.38. The average Bonchev–Trinajstić information content (AvgIpc) is 3.25. The highest BCUT2D eigenvalue weighted by Gasteiger charge is 2.45. The zero-order valence-electron chi connectivity index (χ0n) is 19.3. The van der Waals surface area contributed by atoms with Crippen molar-refractivity contribution in [2.45, 2.75) is 30.9 Å². The number of nitrogens with zero attached hydrogens (tertiary/aromatic N) is 6. The molecule has 0 radical (unpaired) electrons. The number of amides is 1. The molecule has 2 fully saturated rings. The number of nitrogens with one attached hydrogen (secondary N) is 1. The molecule has 2 aliphatic rings. The van der Waals surface area contributed by atoms with Crippen molar-refractivity contribution in [3.05, 3.63) is 35.7 Å². The van der Waals surface area contributed by atoms with Gasteiger partial charge in [0.2, 0.25) is 11.9 Å². The third-order valence-electron chi connectivity index (χ3n) is 5.94. The smallest absolute Gasteiger partial charge is 0.342 e. The Balaban J connectivity index is 1.56. The maximum Gasteiger partial charge on any atom is 0.416 e. The molecule has 190 valence electrons. The van der Waals surface area contributed by atoms with Crippen LogP contribution in [-0.2, 0) is 11.0 Å². The van der Waals surface area contributed by atoms with Crippen LogP contribution < -0.4 is 10.2 Å². The van der Waals surface area contributed by atoms with Gasteiger partial charge in [0.05, 0.1) is 24.3 Å². The summed E-state index contributed by atoms with van der Waals surface area (Å²) in [6.45, 7) is 0.490. The Morgan fingerprint density at radius 1 is 1.20 bits per heavy atom. The van der Waals surface area contributed by atoms with Crippen molar-refractivity contribution in [2.75, 3.05) is 57.0 Å². The lowest BCUT2D eigenvalue weighted by molar-refractivity contribution is -0.137. The fourth-order valence-corrected chi connectivity index (χ4v) is 4.03. The van der Waals surface area contributed by atoms with Crippen molar-refractivity contribution >= 4 is 23.5 Å². The van der Waals surface area contributed by atoms with Crippen LogP contribution in [0.5, 0.6) is 0 Å². The number of alkyl halides is 5. The number of anilines is 3. The molecule has 0 aliphatic carbocycles. The Labute approximate surface area is 199 Å². The maximum absolute atomic E-state index is 13.5. The molecule has 2 aromatic heterocycles. The first-order valence-corrected chi connectivity index (χ1v) is 11.1. The van der Waals surface area contributed by atoms with Crippen LogP contribution in [0.3, 0.4) is 0 Å². The quantitative estimate of drug-likeness (QED) is 0.586. The van der Waals surface area contributed by atoms with Crippen LogP contribution in [0.15, 0.2) is 24.4 Å². The summed E-state index contributed by atoms with van der Waals surface area (Å²) in [5.74, 6) is -2.87. The number of hydrogen-bond donors (Lipinski definition) is 1. The SMILES string of the molecule is CN(C)CCC(=O)N1CCC(c2cc(Nc3cc(C(F)(F)F)ccn3)nc(N3CC(F)(F)C3)n2)C1. The predicted molar refractivity (Wildman–Crippen MR) is 119 cm³/mol. The molecule has 1 amide bonds. The highest BCUT2D eigenvalue weighted by atomic mass is 19.4.